The van der Waals surface area contributed by atoms with Crippen LogP contribution in [0.4, 0.5) is 17.1 Å². The molecule has 0 saturated heterocycles. The summed E-state index contributed by atoms with van der Waals surface area (Å²) in [4.78, 5) is 39.2. The molecule has 0 heterocycles. The molecule has 0 radical (unpaired) electrons. The summed E-state index contributed by atoms with van der Waals surface area (Å²) in [5.41, 5.74) is 2.17. The number of amides is 3. The van der Waals surface area contributed by atoms with Gasteiger partial charge in [-0.25, -0.2) is 0 Å². The number of nitrogens with one attached hydrogen (secondary N) is 3. The lowest BCUT2D eigenvalue weighted by Gasteiger charge is -2.28. The number of carbonyl (C=O) groups excluding carboxylic acids is 3. The van der Waals surface area contributed by atoms with Crippen LogP contribution in [0.1, 0.15) is 27.7 Å². The predicted molar refractivity (Wildman–Crippen MR) is 120 cm³/mol. The number of quaternary nitrogens is 1. The van der Waals surface area contributed by atoms with Crippen LogP contribution in [-0.2, 0) is 14.4 Å². The molecule has 3 amide bonds. The molecular formula is C23H31N4O3+. The number of hydrogen-bond acceptors (Lipinski definition) is 3. The van der Waals surface area contributed by atoms with Crippen molar-refractivity contribution in [3.05, 3.63) is 54.6 Å². The van der Waals surface area contributed by atoms with E-state index in [1.165, 1.54) is 6.92 Å². The van der Waals surface area contributed by atoms with E-state index >= 15 is 0 Å². The van der Waals surface area contributed by atoms with Gasteiger partial charge in [0, 0.05) is 30.0 Å². The first-order valence-corrected chi connectivity index (χ1v) is 10.2. The van der Waals surface area contributed by atoms with Crippen LogP contribution in [0.3, 0.4) is 0 Å². The lowest BCUT2D eigenvalue weighted by Crippen LogP contribution is -3.14. The molecule has 2 rings (SSSR count). The zero-order valence-corrected chi connectivity index (χ0v) is 18.1. The minimum atomic E-state index is -0.164. The maximum absolute atomic E-state index is 13.0. The third kappa shape index (κ3) is 7.00. The third-order valence-corrected chi connectivity index (χ3v) is 4.62. The van der Waals surface area contributed by atoms with Gasteiger partial charge < -0.3 is 20.4 Å². The summed E-state index contributed by atoms with van der Waals surface area (Å²) < 4.78 is 0. The average molecular weight is 412 g/mol. The summed E-state index contributed by atoms with van der Waals surface area (Å²) in [7, 11) is 0. The SMILES string of the molecule is CC[NH+](CC(=O)Nc1ccc(NC(C)=O)cc1)CC(=O)N(c1ccccc1)C(C)C. The number of carbonyl (C=O) groups is 3. The number of rotatable bonds is 9. The molecule has 0 aliphatic rings. The highest BCUT2D eigenvalue weighted by Crippen LogP contribution is 2.16. The number of nitrogens with zero attached hydrogens (tertiary/aromatic N) is 1. The van der Waals surface area contributed by atoms with Gasteiger partial charge in [0.2, 0.25) is 5.91 Å². The van der Waals surface area contributed by atoms with Gasteiger partial charge >= 0.3 is 0 Å². The van der Waals surface area contributed by atoms with Crippen molar-refractivity contribution in [3.8, 4) is 0 Å². The normalized spacial score (nSPS) is 11.6. The van der Waals surface area contributed by atoms with Crippen molar-refractivity contribution < 1.29 is 19.3 Å². The smallest absolute Gasteiger partial charge is 0.282 e. The maximum atomic E-state index is 13.0. The zero-order chi connectivity index (χ0) is 22.1. The molecule has 2 aromatic carbocycles. The molecule has 0 spiro atoms. The Kier molecular flexibility index (Phi) is 8.55. The van der Waals surface area contributed by atoms with Crippen molar-refractivity contribution in [2.45, 2.75) is 33.7 Å². The van der Waals surface area contributed by atoms with Gasteiger partial charge in [-0.3, -0.25) is 14.4 Å². The summed E-state index contributed by atoms with van der Waals surface area (Å²) in [6.07, 6.45) is 0. The molecule has 0 saturated carbocycles. The quantitative estimate of drug-likeness (QED) is 0.590. The Hall–Kier alpha value is -3.19. The van der Waals surface area contributed by atoms with Crippen molar-refractivity contribution >= 4 is 34.8 Å². The van der Waals surface area contributed by atoms with Crippen molar-refractivity contribution in [2.75, 3.05) is 35.2 Å². The first-order chi connectivity index (χ1) is 14.3. The Bertz CT molecular complexity index is 851. The number of para-hydroxylation sites is 1. The van der Waals surface area contributed by atoms with Gasteiger partial charge in [-0.15, -0.1) is 0 Å². The Balaban J connectivity index is 1.96. The molecule has 7 heteroatoms. The van der Waals surface area contributed by atoms with Crippen LogP contribution in [0.15, 0.2) is 54.6 Å². The Morgan fingerprint density at radius 3 is 1.97 bits per heavy atom. The molecule has 0 aromatic heterocycles. The lowest BCUT2D eigenvalue weighted by atomic mass is 10.2. The van der Waals surface area contributed by atoms with Crippen molar-refractivity contribution in [3.63, 3.8) is 0 Å². The molecule has 0 aliphatic heterocycles. The largest absolute Gasteiger partial charge is 0.326 e. The molecule has 0 bridgehead atoms. The fourth-order valence-electron chi connectivity index (χ4n) is 3.20. The predicted octanol–water partition coefficient (Wildman–Crippen LogP) is 1.93. The van der Waals surface area contributed by atoms with E-state index < -0.39 is 0 Å². The van der Waals surface area contributed by atoms with Crippen LogP contribution < -0.4 is 20.4 Å². The van der Waals surface area contributed by atoms with E-state index in [4.69, 9.17) is 0 Å². The fourth-order valence-corrected chi connectivity index (χ4v) is 3.20. The third-order valence-electron chi connectivity index (χ3n) is 4.62. The van der Waals surface area contributed by atoms with Crippen molar-refractivity contribution in [1.29, 1.82) is 0 Å². The Labute approximate surface area is 178 Å². The summed E-state index contributed by atoms with van der Waals surface area (Å²) in [6.45, 7) is 8.44. The van der Waals surface area contributed by atoms with E-state index in [-0.39, 0.29) is 36.9 Å². The summed E-state index contributed by atoms with van der Waals surface area (Å²) >= 11 is 0. The average Bonchev–Trinajstić information content (AvgIpc) is 2.69. The topological polar surface area (TPSA) is 83.0 Å². The first-order valence-electron chi connectivity index (χ1n) is 10.2. The van der Waals surface area contributed by atoms with Gasteiger partial charge in [-0.2, -0.15) is 0 Å². The molecule has 2 aromatic rings. The van der Waals surface area contributed by atoms with Gasteiger partial charge in [-0.1, -0.05) is 18.2 Å². The molecule has 1 atom stereocenters. The van der Waals surface area contributed by atoms with Crippen LogP contribution in [0.5, 0.6) is 0 Å². The summed E-state index contributed by atoms with van der Waals surface area (Å²) in [5, 5.41) is 5.53. The highest BCUT2D eigenvalue weighted by molar-refractivity contribution is 5.95. The monoisotopic (exact) mass is 411 g/mol. The number of likely N-dealkylation sites (N-methyl/N-ethyl adjacent to an activating group) is 1. The molecule has 0 fully saturated rings. The second-order valence-electron chi connectivity index (χ2n) is 7.46. The van der Waals surface area contributed by atoms with Gasteiger partial charge in [-0.05, 0) is 57.2 Å². The molecular weight excluding hydrogens is 380 g/mol. The molecule has 160 valence electrons. The minimum absolute atomic E-state index is 0.0134. The minimum Gasteiger partial charge on any atom is -0.326 e. The van der Waals surface area contributed by atoms with Gasteiger partial charge in [0.15, 0.2) is 13.1 Å². The molecule has 0 aliphatic carbocycles. The molecule has 3 N–H and O–H groups in total. The maximum Gasteiger partial charge on any atom is 0.282 e. The van der Waals surface area contributed by atoms with Gasteiger partial charge in [0.1, 0.15) is 0 Å². The van der Waals surface area contributed by atoms with Crippen LogP contribution in [0.25, 0.3) is 0 Å². The van der Waals surface area contributed by atoms with E-state index in [0.29, 0.717) is 17.9 Å². The van der Waals surface area contributed by atoms with Crippen LogP contribution >= 0.6 is 0 Å². The highest BCUT2D eigenvalue weighted by atomic mass is 16.2. The van der Waals surface area contributed by atoms with Gasteiger partial charge in [0.25, 0.3) is 11.8 Å². The van der Waals surface area contributed by atoms with E-state index in [1.807, 2.05) is 51.1 Å². The van der Waals surface area contributed by atoms with Crippen LogP contribution in [0, 0.1) is 0 Å². The number of benzene rings is 2. The van der Waals surface area contributed by atoms with Crippen molar-refractivity contribution in [2.24, 2.45) is 0 Å². The van der Waals surface area contributed by atoms with Crippen LogP contribution in [-0.4, -0.2) is 43.4 Å². The standard InChI is InChI=1S/C23H30N4O3/c1-5-26(16-23(30)27(17(2)3)21-9-7-6-8-10-21)15-22(29)25-20-13-11-19(12-14-20)24-18(4)28/h6-14,17H,5,15-16H2,1-4H3,(H,24,28)(H,25,29)/p+1. The van der Waals surface area contributed by atoms with E-state index in [9.17, 15) is 14.4 Å². The van der Waals surface area contributed by atoms with E-state index in [0.717, 1.165) is 10.6 Å². The lowest BCUT2D eigenvalue weighted by molar-refractivity contribution is -0.881. The summed E-state index contributed by atoms with van der Waals surface area (Å²) in [6, 6.07) is 16.5. The molecule has 7 nitrogen and oxygen atoms in total. The second-order valence-corrected chi connectivity index (χ2v) is 7.46. The molecule has 30 heavy (non-hydrogen) atoms. The highest BCUT2D eigenvalue weighted by Gasteiger charge is 2.24. The summed E-state index contributed by atoms with van der Waals surface area (Å²) in [5.74, 6) is -0.326. The fraction of sp³-hybridized carbons (Fsp3) is 0.348. The second kappa shape index (κ2) is 11.1. The van der Waals surface area contributed by atoms with E-state index in [1.54, 1.807) is 29.2 Å². The zero-order valence-electron chi connectivity index (χ0n) is 18.1. The van der Waals surface area contributed by atoms with Gasteiger partial charge in [0.05, 0.1) is 6.54 Å². The number of hydrogen-bond donors (Lipinski definition) is 3. The van der Waals surface area contributed by atoms with Crippen molar-refractivity contribution in [1.82, 2.24) is 0 Å². The van der Waals surface area contributed by atoms with E-state index in [2.05, 4.69) is 10.6 Å². The first kappa shape index (κ1) is 23.1. The number of anilines is 3. The Morgan fingerprint density at radius 1 is 0.900 bits per heavy atom. The molecule has 1 unspecified atom stereocenters. The van der Waals surface area contributed by atoms with Crippen LogP contribution in [0.2, 0.25) is 0 Å². The Morgan fingerprint density at radius 2 is 1.47 bits per heavy atom.